The first kappa shape index (κ1) is 65.1. The highest BCUT2D eigenvalue weighted by atomic mass is 32.1. The van der Waals surface area contributed by atoms with Crippen LogP contribution >= 0.6 is 11.3 Å². The largest absolute Gasteiger partial charge is 0.492 e. The van der Waals surface area contributed by atoms with Gasteiger partial charge in [-0.2, -0.15) is 0 Å². The van der Waals surface area contributed by atoms with Crippen LogP contribution in [0.5, 0.6) is 5.75 Å². The Labute approximate surface area is 531 Å². The van der Waals surface area contributed by atoms with Crippen molar-refractivity contribution < 1.29 is 47.0 Å². The number of carbonyl (C=O) groups is 5. The molecule has 488 valence electrons. The van der Waals surface area contributed by atoms with E-state index in [4.69, 9.17) is 19.2 Å². The molecule has 5 atom stereocenters. The summed E-state index contributed by atoms with van der Waals surface area (Å²) in [6.07, 6.45) is 13.3. The number of carbonyl (C=O) groups excluding carboxylic acids is 5. The highest BCUT2D eigenvalue weighted by Crippen LogP contribution is 2.41. The van der Waals surface area contributed by atoms with Crippen molar-refractivity contribution in [3.05, 3.63) is 87.6 Å². The van der Waals surface area contributed by atoms with Gasteiger partial charge in [0.05, 0.1) is 56.2 Å². The number of piperazine rings is 1. The van der Waals surface area contributed by atoms with Gasteiger partial charge in [0.15, 0.2) is 0 Å². The Morgan fingerprint density at radius 3 is 2.40 bits per heavy atom. The molecule has 2 aromatic heterocycles. The second-order valence-corrected chi connectivity index (χ2v) is 27.7. The fourth-order valence-corrected chi connectivity index (χ4v) is 15.6. The molecule has 2 saturated carbocycles. The van der Waals surface area contributed by atoms with E-state index in [0.29, 0.717) is 111 Å². The Balaban J connectivity index is 0.539. The van der Waals surface area contributed by atoms with Crippen LogP contribution in [0.15, 0.2) is 54.2 Å². The van der Waals surface area contributed by atoms with Crippen LogP contribution in [0.3, 0.4) is 0 Å². The van der Waals surface area contributed by atoms with E-state index in [1.54, 1.807) is 47.9 Å². The minimum Gasteiger partial charge on any atom is -0.492 e. The number of nitrogens with zero attached hydrogens (tertiary/aromatic N) is 8. The third-order valence-corrected chi connectivity index (χ3v) is 20.7. The lowest BCUT2D eigenvalue weighted by molar-refractivity contribution is -0.139. The maximum atomic E-state index is 15.7. The van der Waals surface area contributed by atoms with Crippen molar-refractivity contribution in [1.82, 2.24) is 50.9 Å². The maximum absolute atomic E-state index is 15.7. The molecule has 7 aliphatic rings. The number of anilines is 3. The topological polar surface area (TPSA) is 228 Å². The molecule has 21 nitrogen and oxygen atoms in total. The first-order valence-electron chi connectivity index (χ1n) is 32.8. The van der Waals surface area contributed by atoms with Gasteiger partial charge in [-0.05, 0) is 126 Å². The number of ether oxygens (including phenoxy) is 3. The van der Waals surface area contributed by atoms with Crippen LogP contribution in [0.25, 0.3) is 0 Å². The number of piperidine rings is 2. The van der Waals surface area contributed by atoms with Crippen LogP contribution in [0.4, 0.5) is 26.1 Å². The lowest BCUT2D eigenvalue weighted by atomic mass is 9.82. The van der Waals surface area contributed by atoms with E-state index >= 15 is 8.78 Å². The van der Waals surface area contributed by atoms with Gasteiger partial charge < -0.3 is 60.4 Å². The number of amides is 4. The third-order valence-electron chi connectivity index (χ3n) is 19.7. The SMILES string of the molecule is CNCC(=O)N[C@H](C(=O)N1CCC[C@H]1c1nc(C(=O)c2cccc(OCCNC(=O)CO[C@@H]3C[C@@H]4CN(CCOCCNc5cc(N6CCC7(CC6)CN(c6cc(F)c(CN8CCC(C)(C)CC8)cc6F)CC(=O)N7)ncn5)C[C@@H]4C3)c2)cs1)C1CCCCC1. The summed E-state index contributed by atoms with van der Waals surface area (Å²) in [6, 6.07) is 10.6. The van der Waals surface area contributed by atoms with Crippen LogP contribution in [-0.4, -0.2) is 195 Å². The fraction of sp³-hybridized carbons (Fsp3) is 0.636. The monoisotopic (exact) mass is 1260 g/mol. The molecule has 11 rings (SSSR count). The van der Waals surface area contributed by atoms with Gasteiger partial charge >= 0.3 is 0 Å². The van der Waals surface area contributed by atoms with Gasteiger partial charge in [-0.3, -0.25) is 28.9 Å². The second kappa shape index (κ2) is 29.9. The predicted molar refractivity (Wildman–Crippen MR) is 340 cm³/mol. The molecule has 0 bridgehead atoms. The van der Waals surface area contributed by atoms with Gasteiger partial charge in [0, 0.05) is 87.5 Å². The van der Waals surface area contributed by atoms with Crippen LogP contribution in [0.1, 0.15) is 130 Å². The smallest absolute Gasteiger partial charge is 0.246 e. The minimum atomic E-state index is -0.581. The van der Waals surface area contributed by atoms with Crippen LogP contribution in [0, 0.1) is 34.8 Å². The minimum absolute atomic E-state index is 0.0187. The van der Waals surface area contributed by atoms with Crippen molar-refractivity contribution >= 4 is 58.1 Å². The highest BCUT2D eigenvalue weighted by molar-refractivity contribution is 7.10. The third kappa shape index (κ3) is 16.6. The van der Waals surface area contributed by atoms with Gasteiger partial charge in [0.1, 0.15) is 65.3 Å². The molecule has 2 aromatic carbocycles. The predicted octanol–water partition coefficient (Wildman–Crippen LogP) is 6.34. The Morgan fingerprint density at radius 1 is 0.833 bits per heavy atom. The van der Waals surface area contributed by atoms with Crippen molar-refractivity contribution in [2.45, 2.75) is 128 Å². The number of likely N-dealkylation sites (N-methyl/N-ethyl adjacent to an activating group) is 1. The van der Waals surface area contributed by atoms with E-state index < -0.39 is 23.2 Å². The van der Waals surface area contributed by atoms with Crippen LogP contribution in [0.2, 0.25) is 0 Å². The van der Waals surface area contributed by atoms with Gasteiger partial charge in [-0.15, -0.1) is 11.3 Å². The number of likely N-dealkylation sites (tertiary alicyclic amines) is 3. The maximum Gasteiger partial charge on any atom is 0.246 e. The molecule has 5 N–H and O–H groups in total. The summed E-state index contributed by atoms with van der Waals surface area (Å²) in [6.45, 7) is 13.8. The highest BCUT2D eigenvalue weighted by Gasteiger charge is 2.44. The Bertz CT molecular complexity index is 3120. The number of rotatable bonds is 26. The van der Waals surface area contributed by atoms with E-state index in [0.717, 1.165) is 109 Å². The number of ketones is 1. The number of nitrogens with one attached hydrogen (secondary N) is 5. The normalized spacial score (nSPS) is 23.2. The number of thiazole rings is 1. The number of fused-ring (bicyclic) bond motifs is 1. The summed E-state index contributed by atoms with van der Waals surface area (Å²) in [5.41, 5.74) is 0.898. The average Bonchev–Trinajstić information content (AvgIpc) is 1.01. The molecule has 4 aromatic rings. The standard InChI is InChI=1S/C66H91F2N13O8S/c1-65(2)14-21-77(22-15-65)38-48-32-52(68)55(33-51(48)67)80-39-59(83)76-66(42-80)16-23-79(24-17-66)57-34-56(72-43-73-57)70-18-26-87-28-25-78-36-46-30-50(31-47(46)37-78)89-40-60(84)71-19-27-88-49-12-7-11-45(29-49)62(85)53-41-90-63(74-53)54-13-8-20-81(54)64(86)61(75-58(82)35-69-3)44-9-5-4-6-10-44/h7,11-12,29,32-34,41,43-44,46-47,50,54,61,69H,4-6,8-10,13-28,30-31,35-40,42H2,1-3H3,(H,71,84)(H,75,82)(H,76,83)(H,70,72,73)/t46-,47+,50-,54-,61-/m0/s1. The molecular formula is C66H91F2N13O8S. The summed E-state index contributed by atoms with van der Waals surface area (Å²) in [5.74, 6) is 1.24. The van der Waals surface area contributed by atoms with E-state index in [1.807, 2.05) is 11.0 Å². The average molecular weight is 1260 g/mol. The molecule has 7 heterocycles. The zero-order valence-electron chi connectivity index (χ0n) is 52.6. The zero-order chi connectivity index (χ0) is 62.8. The molecule has 5 saturated heterocycles. The quantitative estimate of drug-likeness (QED) is 0.0341. The molecule has 24 heteroatoms. The fourth-order valence-electron chi connectivity index (χ4n) is 14.6. The van der Waals surface area contributed by atoms with Crippen molar-refractivity contribution in [2.24, 2.45) is 23.2 Å². The summed E-state index contributed by atoms with van der Waals surface area (Å²) in [7, 11) is 1.71. The van der Waals surface area contributed by atoms with Crippen molar-refractivity contribution in [1.29, 1.82) is 0 Å². The second-order valence-electron chi connectivity index (χ2n) is 26.8. The van der Waals surface area contributed by atoms with E-state index in [9.17, 15) is 24.0 Å². The number of hydrogen-bond acceptors (Lipinski definition) is 18. The Kier molecular flexibility index (Phi) is 21.6. The summed E-state index contributed by atoms with van der Waals surface area (Å²) in [4.78, 5) is 90.6. The number of hydrogen-bond donors (Lipinski definition) is 5. The molecule has 0 unspecified atom stereocenters. The molecule has 7 fully saturated rings. The molecular weight excluding hydrogens is 1170 g/mol. The molecule has 2 aliphatic carbocycles. The van der Waals surface area contributed by atoms with Gasteiger partial charge in [-0.1, -0.05) is 45.2 Å². The van der Waals surface area contributed by atoms with E-state index in [1.165, 1.54) is 23.5 Å². The van der Waals surface area contributed by atoms with Gasteiger partial charge in [0.25, 0.3) is 0 Å². The lowest BCUT2D eigenvalue weighted by Gasteiger charge is -2.48. The van der Waals surface area contributed by atoms with Gasteiger partial charge in [0.2, 0.25) is 29.4 Å². The Hall–Kier alpha value is -6.44. The summed E-state index contributed by atoms with van der Waals surface area (Å²) >= 11 is 1.38. The molecule has 0 radical (unpaired) electrons. The van der Waals surface area contributed by atoms with Crippen LogP contribution < -0.4 is 41.1 Å². The van der Waals surface area contributed by atoms with E-state index in [-0.39, 0.29) is 91.4 Å². The van der Waals surface area contributed by atoms with Crippen molar-refractivity contribution in [2.75, 3.05) is 134 Å². The molecule has 4 amide bonds. The first-order valence-corrected chi connectivity index (χ1v) is 33.7. The number of benzene rings is 2. The van der Waals surface area contributed by atoms with Crippen LogP contribution in [-0.2, 0) is 35.2 Å². The van der Waals surface area contributed by atoms with Crippen molar-refractivity contribution in [3.63, 3.8) is 0 Å². The zero-order valence-corrected chi connectivity index (χ0v) is 53.4. The number of aromatic nitrogens is 3. The molecule has 1 spiro atoms. The molecule has 90 heavy (non-hydrogen) atoms. The van der Waals surface area contributed by atoms with Gasteiger partial charge in [-0.25, -0.2) is 23.7 Å². The first-order chi connectivity index (χ1) is 43.6. The Morgan fingerprint density at radius 2 is 1.62 bits per heavy atom. The summed E-state index contributed by atoms with van der Waals surface area (Å²) in [5, 5.41) is 17.8. The van der Waals surface area contributed by atoms with E-state index in [2.05, 4.69) is 65.1 Å². The lowest BCUT2D eigenvalue weighted by Crippen LogP contribution is -2.66. The summed E-state index contributed by atoms with van der Waals surface area (Å²) < 4.78 is 49.4. The number of halogens is 2. The van der Waals surface area contributed by atoms with Crippen molar-refractivity contribution in [3.8, 4) is 5.75 Å². The molecule has 5 aliphatic heterocycles.